The molecule has 0 atom stereocenters. The second-order valence-electron chi connectivity index (χ2n) is 3.38. The molecule has 1 aromatic heterocycles. The number of hydrogen-bond acceptors (Lipinski definition) is 5. The first-order chi connectivity index (χ1) is 7.65. The van der Waals surface area contributed by atoms with Crippen molar-refractivity contribution in [2.24, 2.45) is 0 Å². The van der Waals surface area contributed by atoms with Crippen molar-refractivity contribution < 1.29 is 25.8 Å². The van der Waals surface area contributed by atoms with Crippen molar-refractivity contribution in [1.29, 1.82) is 0 Å². The van der Waals surface area contributed by atoms with Crippen LogP contribution in [0.25, 0.3) is 0 Å². The highest BCUT2D eigenvalue weighted by molar-refractivity contribution is 7.87. The molecule has 0 radical (unpaired) electrons. The topological polar surface area (TPSA) is 69.2 Å². The summed E-state index contributed by atoms with van der Waals surface area (Å²) < 4.78 is 61.8. The van der Waals surface area contributed by atoms with Gasteiger partial charge in [0.15, 0.2) is 0 Å². The summed E-state index contributed by atoms with van der Waals surface area (Å²) in [4.78, 5) is 7.16. The SMILES string of the molecule is CC(C)c1nccnc1OS(=O)(=O)C(F)(F)F. The molecular formula is C8H9F3N2O3S. The fourth-order valence-electron chi connectivity index (χ4n) is 0.947. The zero-order valence-electron chi connectivity index (χ0n) is 8.89. The normalized spacial score (nSPS) is 12.8. The van der Waals surface area contributed by atoms with Crippen molar-refractivity contribution in [3.8, 4) is 5.88 Å². The molecule has 1 heterocycles. The minimum atomic E-state index is -5.71. The van der Waals surface area contributed by atoms with Gasteiger partial charge in [0.05, 0.1) is 0 Å². The number of nitrogens with zero attached hydrogens (tertiary/aromatic N) is 2. The summed E-state index contributed by atoms with van der Waals surface area (Å²) in [6.07, 6.45) is 2.29. The molecule has 1 aromatic rings. The van der Waals surface area contributed by atoms with Crippen molar-refractivity contribution in [2.45, 2.75) is 25.3 Å². The van der Waals surface area contributed by atoms with E-state index in [1.54, 1.807) is 13.8 Å². The third kappa shape index (κ3) is 3.05. The monoisotopic (exact) mass is 270 g/mol. The van der Waals surface area contributed by atoms with Crippen LogP contribution in [0.15, 0.2) is 12.4 Å². The average molecular weight is 270 g/mol. The third-order valence-corrected chi connectivity index (χ3v) is 2.65. The van der Waals surface area contributed by atoms with Gasteiger partial charge in [-0.3, -0.25) is 4.98 Å². The van der Waals surface area contributed by atoms with E-state index in [0.29, 0.717) is 0 Å². The predicted molar refractivity (Wildman–Crippen MR) is 51.7 cm³/mol. The van der Waals surface area contributed by atoms with Gasteiger partial charge in [-0.25, -0.2) is 4.98 Å². The molecule has 0 unspecified atom stereocenters. The molecule has 0 amide bonds. The zero-order chi connectivity index (χ0) is 13.3. The number of alkyl halides is 3. The summed E-state index contributed by atoms with van der Waals surface area (Å²) in [6, 6.07) is 0. The Bertz CT molecular complexity index is 499. The molecule has 17 heavy (non-hydrogen) atoms. The van der Waals surface area contributed by atoms with E-state index in [9.17, 15) is 21.6 Å². The lowest BCUT2D eigenvalue weighted by Crippen LogP contribution is -2.28. The van der Waals surface area contributed by atoms with E-state index in [1.807, 2.05) is 0 Å². The Morgan fingerprint density at radius 2 is 1.76 bits per heavy atom. The van der Waals surface area contributed by atoms with Crippen LogP contribution in [0.2, 0.25) is 0 Å². The Morgan fingerprint density at radius 3 is 2.24 bits per heavy atom. The Kier molecular flexibility index (Phi) is 3.60. The maximum atomic E-state index is 12.1. The van der Waals surface area contributed by atoms with Crippen molar-refractivity contribution >= 4 is 10.1 Å². The molecule has 0 aromatic carbocycles. The number of aromatic nitrogens is 2. The Balaban J connectivity index is 3.13. The molecule has 9 heteroatoms. The van der Waals surface area contributed by atoms with Gasteiger partial charge in [-0.15, -0.1) is 0 Å². The van der Waals surface area contributed by atoms with Gasteiger partial charge in [0.25, 0.3) is 5.88 Å². The summed E-state index contributed by atoms with van der Waals surface area (Å²) in [5.74, 6) is -0.970. The van der Waals surface area contributed by atoms with Crippen LogP contribution in [0.4, 0.5) is 13.2 Å². The van der Waals surface area contributed by atoms with Gasteiger partial charge >= 0.3 is 15.6 Å². The highest BCUT2D eigenvalue weighted by Gasteiger charge is 2.49. The van der Waals surface area contributed by atoms with Crippen molar-refractivity contribution in [1.82, 2.24) is 9.97 Å². The molecule has 0 fully saturated rings. The van der Waals surface area contributed by atoms with Gasteiger partial charge in [0.2, 0.25) is 0 Å². The van der Waals surface area contributed by atoms with Crippen LogP contribution in [0, 0.1) is 0 Å². The first-order valence-electron chi connectivity index (χ1n) is 4.47. The predicted octanol–water partition coefficient (Wildman–Crippen LogP) is 1.83. The number of hydrogen-bond donors (Lipinski definition) is 0. The van der Waals surface area contributed by atoms with Crippen LogP contribution in [0.5, 0.6) is 5.88 Å². The minimum Gasteiger partial charge on any atom is -0.353 e. The van der Waals surface area contributed by atoms with E-state index in [0.717, 1.165) is 6.20 Å². The highest BCUT2D eigenvalue weighted by Crippen LogP contribution is 2.29. The van der Waals surface area contributed by atoms with Crippen LogP contribution in [0.1, 0.15) is 25.5 Å². The van der Waals surface area contributed by atoms with Crippen molar-refractivity contribution in [2.75, 3.05) is 0 Å². The number of halogens is 3. The van der Waals surface area contributed by atoms with Gasteiger partial charge < -0.3 is 4.18 Å². The maximum Gasteiger partial charge on any atom is 0.534 e. The van der Waals surface area contributed by atoms with E-state index in [-0.39, 0.29) is 11.6 Å². The largest absolute Gasteiger partial charge is 0.534 e. The van der Waals surface area contributed by atoms with Crippen molar-refractivity contribution in [3.05, 3.63) is 18.1 Å². The molecule has 0 N–H and O–H groups in total. The molecule has 0 spiro atoms. The van der Waals surface area contributed by atoms with Crippen LogP contribution in [-0.2, 0) is 10.1 Å². The molecule has 0 aliphatic rings. The van der Waals surface area contributed by atoms with Crippen molar-refractivity contribution in [3.63, 3.8) is 0 Å². The molecule has 0 aliphatic heterocycles. The minimum absolute atomic E-state index is 0.0420. The second-order valence-corrected chi connectivity index (χ2v) is 4.92. The van der Waals surface area contributed by atoms with Gasteiger partial charge in [0, 0.05) is 18.3 Å². The Labute approximate surface area is 95.8 Å². The maximum absolute atomic E-state index is 12.1. The first-order valence-corrected chi connectivity index (χ1v) is 5.87. The lowest BCUT2D eigenvalue weighted by Gasteiger charge is -2.12. The fourth-order valence-corrected chi connectivity index (χ4v) is 1.38. The Morgan fingerprint density at radius 1 is 1.24 bits per heavy atom. The van der Waals surface area contributed by atoms with E-state index in [2.05, 4.69) is 14.2 Å². The van der Waals surface area contributed by atoms with Gasteiger partial charge in [-0.05, 0) is 0 Å². The quantitative estimate of drug-likeness (QED) is 0.619. The van der Waals surface area contributed by atoms with Gasteiger partial charge in [-0.1, -0.05) is 13.8 Å². The Hall–Kier alpha value is -1.38. The van der Waals surface area contributed by atoms with E-state index >= 15 is 0 Å². The zero-order valence-corrected chi connectivity index (χ0v) is 9.71. The molecule has 96 valence electrons. The summed E-state index contributed by atoms with van der Waals surface area (Å²) >= 11 is 0. The van der Waals surface area contributed by atoms with E-state index in [1.165, 1.54) is 6.20 Å². The molecule has 0 saturated carbocycles. The summed E-state index contributed by atoms with van der Waals surface area (Å²) in [5.41, 5.74) is -5.45. The van der Waals surface area contributed by atoms with E-state index < -0.39 is 21.5 Å². The average Bonchev–Trinajstić information content (AvgIpc) is 2.15. The molecule has 0 aliphatic carbocycles. The number of rotatable bonds is 3. The fraction of sp³-hybridized carbons (Fsp3) is 0.500. The molecular weight excluding hydrogens is 261 g/mol. The van der Waals surface area contributed by atoms with Crippen LogP contribution < -0.4 is 4.18 Å². The molecule has 0 saturated heterocycles. The molecule has 0 bridgehead atoms. The third-order valence-electron chi connectivity index (χ3n) is 1.71. The lowest BCUT2D eigenvalue weighted by atomic mass is 10.1. The summed E-state index contributed by atoms with van der Waals surface area (Å²) in [6.45, 7) is 3.24. The molecule has 1 rings (SSSR count). The van der Waals surface area contributed by atoms with Crippen LogP contribution in [0.3, 0.4) is 0 Å². The highest BCUT2D eigenvalue weighted by atomic mass is 32.2. The standard InChI is InChI=1S/C8H9F3N2O3S/c1-5(2)6-7(13-4-3-12-6)16-17(14,15)8(9,10)11/h3-5H,1-2H3. The van der Waals surface area contributed by atoms with Crippen LogP contribution in [-0.4, -0.2) is 23.9 Å². The summed E-state index contributed by atoms with van der Waals surface area (Å²) in [5, 5.41) is 0. The smallest absolute Gasteiger partial charge is 0.353 e. The van der Waals surface area contributed by atoms with Gasteiger partial charge in [0.1, 0.15) is 5.69 Å². The van der Waals surface area contributed by atoms with Crippen LogP contribution >= 0.6 is 0 Å². The first kappa shape index (κ1) is 13.7. The van der Waals surface area contributed by atoms with E-state index in [4.69, 9.17) is 0 Å². The second kappa shape index (κ2) is 4.47. The summed E-state index contributed by atoms with van der Waals surface area (Å²) in [7, 11) is -5.71. The molecule has 5 nitrogen and oxygen atoms in total. The lowest BCUT2D eigenvalue weighted by molar-refractivity contribution is -0.0501. The van der Waals surface area contributed by atoms with Gasteiger partial charge in [-0.2, -0.15) is 21.6 Å².